The Kier molecular flexibility index (Phi) is 6.45. The number of fused-ring (bicyclic) bond motifs is 1. The van der Waals surface area contributed by atoms with E-state index in [9.17, 15) is 4.79 Å². The highest BCUT2D eigenvalue weighted by Gasteiger charge is 2.29. The number of methoxy groups -OCH3 is 3. The minimum Gasteiger partial charge on any atom is -0.493 e. The number of carbonyl (C=O) groups is 1. The standard InChI is InChI=1S/C23H29NO4/c1-5-12-24(19-11-10-16-8-6-7-9-17(16)13-19)23(25)18-14-20(26-2)22(28-4)21(15-18)27-3/h6-9,14-15,19H,5,10-13H2,1-4H3. The maximum atomic E-state index is 13.5. The molecule has 2 aromatic rings. The van der Waals surface area contributed by atoms with Gasteiger partial charge in [0.2, 0.25) is 5.75 Å². The number of carbonyl (C=O) groups excluding carboxylic acids is 1. The van der Waals surface area contributed by atoms with E-state index in [1.54, 1.807) is 33.5 Å². The Hall–Kier alpha value is -2.69. The van der Waals surface area contributed by atoms with Gasteiger partial charge in [0, 0.05) is 18.2 Å². The minimum absolute atomic E-state index is 0.00508. The fourth-order valence-electron chi connectivity index (χ4n) is 4.01. The molecule has 0 fully saturated rings. The zero-order valence-corrected chi connectivity index (χ0v) is 17.2. The Morgan fingerprint density at radius 2 is 1.68 bits per heavy atom. The lowest BCUT2D eigenvalue weighted by atomic mass is 9.87. The molecule has 1 amide bonds. The summed E-state index contributed by atoms with van der Waals surface area (Å²) in [5, 5.41) is 0. The van der Waals surface area contributed by atoms with Crippen LogP contribution in [0.1, 0.15) is 41.3 Å². The van der Waals surface area contributed by atoms with E-state index in [2.05, 4.69) is 31.2 Å². The Morgan fingerprint density at radius 3 is 2.25 bits per heavy atom. The van der Waals surface area contributed by atoms with Gasteiger partial charge in [-0.25, -0.2) is 0 Å². The molecule has 5 heteroatoms. The van der Waals surface area contributed by atoms with Crippen molar-refractivity contribution in [3.05, 3.63) is 53.1 Å². The number of rotatable bonds is 7. The summed E-state index contributed by atoms with van der Waals surface area (Å²) in [6, 6.07) is 12.2. The van der Waals surface area contributed by atoms with Crippen molar-refractivity contribution in [1.29, 1.82) is 0 Å². The molecule has 0 heterocycles. The van der Waals surface area contributed by atoms with E-state index < -0.39 is 0 Å². The molecular weight excluding hydrogens is 354 g/mol. The lowest BCUT2D eigenvalue weighted by Crippen LogP contribution is -2.44. The number of amides is 1. The van der Waals surface area contributed by atoms with Crippen LogP contribution >= 0.6 is 0 Å². The first-order valence-corrected chi connectivity index (χ1v) is 9.80. The molecule has 150 valence electrons. The fraction of sp³-hybridized carbons (Fsp3) is 0.435. The molecule has 0 radical (unpaired) electrons. The third kappa shape index (κ3) is 3.93. The van der Waals surface area contributed by atoms with Crippen molar-refractivity contribution in [2.24, 2.45) is 0 Å². The van der Waals surface area contributed by atoms with Gasteiger partial charge in [0.25, 0.3) is 5.91 Å². The van der Waals surface area contributed by atoms with Crippen molar-refractivity contribution in [2.75, 3.05) is 27.9 Å². The van der Waals surface area contributed by atoms with Gasteiger partial charge in [-0.15, -0.1) is 0 Å². The Morgan fingerprint density at radius 1 is 1.04 bits per heavy atom. The van der Waals surface area contributed by atoms with Crippen LogP contribution in [0.5, 0.6) is 17.2 Å². The van der Waals surface area contributed by atoms with E-state index in [0.717, 1.165) is 32.2 Å². The van der Waals surface area contributed by atoms with Crippen molar-refractivity contribution in [3.63, 3.8) is 0 Å². The maximum absolute atomic E-state index is 13.5. The molecule has 1 unspecified atom stereocenters. The van der Waals surface area contributed by atoms with Crippen molar-refractivity contribution in [1.82, 2.24) is 4.90 Å². The fourth-order valence-corrected chi connectivity index (χ4v) is 4.01. The summed E-state index contributed by atoms with van der Waals surface area (Å²) in [4.78, 5) is 15.5. The SMILES string of the molecule is CCCN(C(=O)c1cc(OC)c(OC)c(OC)c1)C1CCc2ccccc2C1. The molecule has 0 bridgehead atoms. The zero-order chi connectivity index (χ0) is 20.1. The summed E-state index contributed by atoms with van der Waals surface area (Å²) >= 11 is 0. The molecule has 28 heavy (non-hydrogen) atoms. The van der Waals surface area contributed by atoms with Crippen molar-refractivity contribution >= 4 is 5.91 Å². The third-order valence-corrected chi connectivity index (χ3v) is 5.40. The number of hydrogen-bond acceptors (Lipinski definition) is 4. The second kappa shape index (κ2) is 9.00. The smallest absolute Gasteiger partial charge is 0.254 e. The monoisotopic (exact) mass is 383 g/mol. The van der Waals surface area contributed by atoms with Gasteiger partial charge in [0.1, 0.15) is 0 Å². The van der Waals surface area contributed by atoms with Crippen LogP contribution in [0.15, 0.2) is 36.4 Å². The average Bonchev–Trinajstić information content (AvgIpc) is 2.75. The Bertz CT molecular complexity index is 808. The van der Waals surface area contributed by atoms with Crippen LogP contribution in [-0.4, -0.2) is 44.7 Å². The molecule has 0 saturated carbocycles. The highest BCUT2D eigenvalue weighted by Crippen LogP contribution is 2.39. The Labute approximate surface area is 167 Å². The number of benzene rings is 2. The third-order valence-electron chi connectivity index (χ3n) is 5.40. The molecule has 2 aromatic carbocycles. The molecule has 0 saturated heterocycles. The average molecular weight is 383 g/mol. The van der Waals surface area contributed by atoms with Crippen molar-refractivity contribution in [3.8, 4) is 17.2 Å². The summed E-state index contributed by atoms with van der Waals surface area (Å²) in [5.41, 5.74) is 3.30. The molecule has 0 aliphatic heterocycles. The summed E-state index contributed by atoms with van der Waals surface area (Å²) < 4.78 is 16.2. The van der Waals surface area contributed by atoms with Gasteiger partial charge < -0.3 is 19.1 Å². The van der Waals surface area contributed by atoms with Crippen LogP contribution in [0.4, 0.5) is 0 Å². The molecule has 0 aromatic heterocycles. The first-order valence-electron chi connectivity index (χ1n) is 9.80. The van der Waals surface area contributed by atoms with Gasteiger partial charge in [-0.2, -0.15) is 0 Å². The summed E-state index contributed by atoms with van der Waals surface area (Å²) in [6.45, 7) is 2.83. The molecular formula is C23H29NO4. The second-order valence-electron chi connectivity index (χ2n) is 7.08. The Balaban J connectivity index is 1.92. The van der Waals surface area contributed by atoms with Gasteiger partial charge in [0.15, 0.2) is 11.5 Å². The van der Waals surface area contributed by atoms with E-state index >= 15 is 0 Å². The van der Waals surface area contributed by atoms with Gasteiger partial charge in [-0.1, -0.05) is 31.2 Å². The van der Waals surface area contributed by atoms with Crippen molar-refractivity contribution in [2.45, 2.75) is 38.6 Å². The topological polar surface area (TPSA) is 48.0 Å². The molecule has 1 aliphatic carbocycles. The highest BCUT2D eigenvalue weighted by molar-refractivity contribution is 5.96. The molecule has 1 aliphatic rings. The van der Waals surface area contributed by atoms with Crippen LogP contribution in [-0.2, 0) is 12.8 Å². The first-order chi connectivity index (χ1) is 13.6. The van der Waals surface area contributed by atoms with Gasteiger partial charge in [-0.05, 0) is 48.9 Å². The lowest BCUT2D eigenvalue weighted by Gasteiger charge is -2.35. The predicted octanol–water partition coefficient (Wildman–Crippen LogP) is 4.12. The van der Waals surface area contributed by atoms with E-state index in [4.69, 9.17) is 14.2 Å². The molecule has 5 nitrogen and oxygen atoms in total. The van der Waals surface area contributed by atoms with E-state index in [0.29, 0.717) is 22.8 Å². The number of hydrogen-bond donors (Lipinski definition) is 0. The summed E-state index contributed by atoms with van der Waals surface area (Å²) in [7, 11) is 4.69. The van der Waals surface area contributed by atoms with Crippen LogP contribution in [0.2, 0.25) is 0 Å². The van der Waals surface area contributed by atoms with Crippen molar-refractivity contribution < 1.29 is 19.0 Å². The van der Waals surface area contributed by atoms with Crippen LogP contribution in [0.25, 0.3) is 0 Å². The number of ether oxygens (including phenoxy) is 3. The minimum atomic E-state index is 0.00508. The van der Waals surface area contributed by atoms with Crippen LogP contribution in [0, 0.1) is 0 Å². The summed E-state index contributed by atoms with van der Waals surface area (Å²) in [6.07, 6.45) is 3.79. The molecule has 1 atom stereocenters. The van der Waals surface area contributed by atoms with E-state index in [1.165, 1.54) is 11.1 Å². The molecule has 3 rings (SSSR count). The largest absolute Gasteiger partial charge is 0.493 e. The normalized spacial score (nSPS) is 15.5. The number of nitrogens with zero attached hydrogens (tertiary/aromatic N) is 1. The quantitative estimate of drug-likeness (QED) is 0.722. The maximum Gasteiger partial charge on any atom is 0.254 e. The van der Waals surface area contributed by atoms with Gasteiger partial charge in [0.05, 0.1) is 21.3 Å². The second-order valence-corrected chi connectivity index (χ2v) is 7.08. The van der Waals surface area contributed by atoms with Crippen LogP contribution < -0.4 is 14.2 Å². The lowest BCUT2D eigenvalue weighted by molar-refractivity contribution is 0.0661. The number of aryl methyl sites for hydroxylation is 1. The highest BCUT2D eigenvalue weighted by atomic mass is 16.5. The van der Waals surface area contributed by atoms with E-state index in [-0.39, 0.29) is 11.9 Å². The van der Waals surface area contributed by atoms with Gasteiger partial charge >= 0.3 is 0 Å². The zero-order valence-electron chi connectivity index (χ0n) is 17.2. The molecule has 0 spiro atoms. The predicted molar refractivity (Wildman–Crippen MR) is 110 cm³/mol. The van der Waals surface area contributed by atoms with Crippen LogP contribution in [0.3, 0.4) is 0 Å². The van der Waals surface area contributed by atoms with E-state index in [1.807, 2.05) is 4.90 Å². The van der Waals surface area contributed by atoms with Gasteiger partial charge in [-0.3, -0.25) is 4.79 Å². The molecule has 0 N–H and O–H groups in total. The summed E-state index contributed by atoms with van der Waals surface area (Å²) in [5.74, 6) is 1.49. The first kappa shape index (κ1) is 20.1.